The van der Waals surface area contributed by atoms with Gasteiger partial charge in [0.25, 0.3) is 0 Å². The van der Waals surface area contributed by atoms with E-state index in [1.54, 1.807) is 7.11 Å². The molecule has 0 aromatic rings. The van der Waals surface area contributed by atoms with Crippen LogP contribution >= 0.6 is 0 Å². The van der Waals surface area contributed by atoms with E-state index in [0.717, 1.165) is 6.42 Å². The molecule has 0 atom stereocenters. The third-order valence-corrected chi connectivity index (χ3v) is 1.71. The van der Waals surface area contributed by atoms with Crippen LogP contribution in [0.15, 0.2) is 0 Å². The van der Waals surface area contributed by atoms with Crippen LogP contribution in [-0.4, -0.2) is 46.1 Å². The van der Waals surface area contributed by atoms with Gasteiger partial charge in [0.15, 0.2) is 0 Å². The Morgan fingerprint density at radius 3 is 2.60 bits per heavy atom. The first-order chi connectivity index (χ1) is 7.31. The number of methoxy groups -OCH3 is 1. The van der Waals surface area contributed by atoms with Gasteiger partial charge in [-0.25, -0.2) is 0 Å². The predicted octanol–water partition coefficient (Wildman–Crippen LogP) is 0.322. The molecule has 0 saturated carbocycles. The van der Waals surface area contributed by atoms with Crippen LogP contribution in [0.25, 0.3) is 0 Å². The average Bonchev–Trinajstić information content (AvgIpc) is 2.25. The van der Waals surface area contributed by atoms with Gasteiger partial charge < -0.3 is 19.9 Å². The quantitative estimate of drug-likeness (QED) is 0.423. The number of nitrogens with two attached hydrogens (primary N) is 1. The van der Waals surface area contributed by atoms with Crippen LogP contribution in [-0.2, 0) is 19.0 Å². The Kier molecular flexibility index (Phi) is 10.9. The van der Waals surface area contributed by atoms with E-state index in [0.29, 0.717) is 45.8 Å². The standard InChI is InChI=1S/C10H21NO4/c1-13-6-3-7-14-8-9-15-10(12)4-2-5-11/h2-9,11H2,1H3. The second kappa shape index (κ2) is 11.4. The minimum Gasteiger partial charge on any atom is -0.463 e. The molecule has 0 bridgehead atoms. The number of hydrogen-bond donors (Lipinski definition) is 1. The fourth-order valence-electron chi connectivity index (χ4n) is 0.940. The van der Waals surface area contributed by atoms with Crippen LogP contribution < -0.4 is 5.73 Å². The molecule has 0 rings (SSSR count). The van der Waals surface area contributed by atoms with Crippen molar-refractivity contribution in [2.45, 2.75) is 19.3 Å². The van der Waals surface area contributed by atoms with Crippen molar-refractivity contribution in [2.24, 2.45) is 5.73 Å². The maximum Gasteiger partial charge on any atom is 0.305 e. The van der Waals surface area contributed by atoms with Gasteiger partial charge in [-0.05, 0) is 19.4 Å². The van der Waals surface area contributed by atoms with E-state index in [9.17, 15) is 4.79 Å². The molecule has 0 aromatic heterocycles. The van der Waals surface area contributed by atoms with Gasteiger partial charge >= 0.3 is 5.97 Å². The van der Waals surface area contributed by atoms with E-state index in [4.69, 9.17) is 19.9 Å². The van der Waals surface area contributed by atoms with Crippen LogP contribution in [0.5, 0.6) is 0 Å². The zero-order valence-electron chi connectivity index (χ0n) is 9.37. The van der Waals surface area contributed by atoms with Crippen LogP contribution in [0.4, 0.5) is 0 Å². The highest BCUT2D eigenvalue weighted by molar-refractivity contribution is 5.69. The molecule has 15 heavy (non-hydrogen) atoms. The molecule has 0 amide bonds. The van der Waals surface area contributed by atoms with Crippen molar-refractivity contribution in [3.05, 3.63) is 0 Å². The lowest BCUT2D eigenvalue weighted by Gasteiger charge is -2.05. The van der Waals surface area contributed by atoms with Crippen LogP contribution in [0.3, 0.4) is 0 Å². The molecule has 0 radical (unpaired) electrons. The highest BCUT2D eigenvalue weighted by atomic mass is 16.6. The van der Waals surface area contributed by atoms with Gasteiger partial charge in [0, 0.05) is 26.7 Å². The van der Waals surface area contributed by atoms with E-state index in [-0.39, 0.29) is 5.97 Å². The number of carbonyl (C=O) groups is 1. The Morgan fingerprint density at radius 2 is 1.93 bits per heavy atom. The first-order valence-electron chi connectivity index (χ1n) is 5.23. The Labute approximate surface area is 90.9 Å². The highest BCUT2D eigenvalue weighted by Crippen LogP contribution is 1.91. The molecule has 2 N–H and O–H groups in total. The molecule has 0 aliphatic heterocycles. The maximum atomic E-state index is 11.0. The highest BCUT2D eigenvalue weighted by Gasteiger charge is 2.00. The smallest absolute Gasteiger partial charge is 0.305 e. The van der Waals surface area contributed by atoms with Gasteiger partial charge in [0.05, 0.1) is 6.61 Å². The van der Waals surface area contributed by atoms with E-state index in [1.807, 2.05) is 0 Å². The number of esters is 1. The summed E-state index contributed by atoms with van der Waals surface area (Å²) in [5, 5.41) is 0. The van der Waals surface area contributed by atoms with E-state index >= 15 is 0 Å². The number of hydrogen-bond acceptors (Lipinski definition) is 5. The summed E-state index contributed by atoms with van der Waals surface area (Å²) in [5.74, 6) is -0.207. The van der Waals surface area contributed by atoms with Crippen LogP contribution in [0, 0.1) is 0 Å². The van der Waals surface area contributed by atoms with Gasteiger partial charge in [-0.3, -0.25) is 4.79 Å². The summed E-state index contributed by atoms with van der Waals surface area (Å²) in [4.78, 5) is 11.0. The first kappa shape index (κ1) is 14.3. The Balaban J connectivity index is 3.06. The molecule has 0 fully saturated rings. The lowest BCUT2D eigenvalue weighted by molar-refractivity contribution is -0.145. The first-order valence-corrected chi connectivity index (χ1v) is 5.23. The van der Waals surface area contributed by atoms with E-state index in [1.165, 1.54) is 0 Å². The largest absolute Gasteiger partial charge is 0.463 e. The van der Waals surface area contributed by atoms with Gasteiger partial charge in [-0.1, -0.05) is 0 Å². The van der Waals surface area contributed by atoms with E-state index in [2.05, 4.69) is 0 Å². The molecule has 0 aliphatic carbocycles. The third-order valence-electron chi connectivity index (χ3n) is 1.71. The third kappa shape index (κ3) is 11.3. The molecule has 5 nitrogen and oxygen atoms in total. The van der Waals surface area contributed by atoms with Crippen LogP contribution in [0.1, 0.15) is 19.3 Å². The lowest BCUT2D eigenvalue weighted by atomic mass is 10.3. The monoisotopic (exact) mass is 219 g/mol. The molecule has 0 aromatic carbocycles. The average molecular weight is 219 g/mol. The summed E-state index contributed by atoms with van der Waals surface area (Å²) in [6, 6.07) is 0. The van der Waals surface area contributed by atoms with Gasteiger partial charge in [0.1, 0.15) is 6.61 Å². The van der Waals surface area contributed by atoms with Crippen molar-refractivity contribution in [1.82, 2.24) is 0 Å². The molecular formula is C10H21NO4. The van der Waals surface area contributed by atoms with Gasteiger partial charge in [-0.15, -0.1) is 0 Å². The van der Waals surface area contributed by atoms with Crippen molar-refractivity contribution in [1.29, 1.82) is 0 Å². The summed E-state index contributed by atoms with van der Waals surface area (Å²) in [6.07, 6.45) is 1.92. The lowest BCUT2D eigenvalue weighted by Crippen LogP contribution is -2.12. The Bertz CT molecular complexity index is 152. The zero-order valence-corrected chi connectivity index (χ0v) is 9.37. The predicted molar refractivity (Wildman–Crippen MR) is 56.6 cm³/mol. The van der Waals surface area contributed by atoms with Gasteiger partial charge in [0.2, 0.25) is 0 Å². The topological polar surface area (TPSA) is 70.8 Å². The molecule has 0 spiro atoms. The molecule has 0 saturated heterocycles. The van der Waals surface area contributed by atoms with Crippen molar-refractivity contribution in [2.75, 3.05) is 40.1 Å². The summed E-state index contributed by atoms with van der Waals surface area (Å²) in [6.45, 7) is 2.60. The number of rotatable bonds is 10. The molecule has 5 heteroatoms. The fraction of sp³-hybridized carbons (Fsp3) is 0.900. The van der Waals surface area contributed by atoms with E-state index < -0.39 is 0 Å². The normalized spacial score (nSPS) is 10.3. The number of ether oxygens (including phenoxy) is 3. The van der Waals surface area contributed by atoms with Crippen molar-refractivity contribution in [3.63, 3.8) is 0 Å². The van der Waals surface area contributed by atoms with Crippen LogP contribution in [0.2, 0.25) is 0 Å². The zero-order chi connectivity index (χ0) is 11.4. The fourth-order valence-corrected chi connectivity index (χ4v) is 0.940. The molecule has 0 aliphatic rings. The number of carbonyl (C=O) groups excluding carboxylic acids is 1. The minimum absolute atomic E-state index is 0.207. The summed E-state index contributed by atoms with van der Waals surface area (Å²) < 4.78 is 15.0. The minimum atomic E-state index is -0.207. The van der Waals surface area contributed by atoms with Crippen molar-refractivity contribution >= 4 is 5.97 Å². The summed E-state index contributed by atoms with van der Waals surface area (Å²) in [7, 11) is 1.65. The summed E-state index contributed by atoms with van der Waals surface area (Å²) in [5.41, 5.74) is 5.26. The molecule has 0 unspecified atom stereocenters. The Morgan fingerprint density at radius 1 is 1.13 bits per heavy atom. The second-order valence-corrected chi connectivity index (χ2v) is 3.07. The van der Waals surface area contributed by atoms with Crippen molar-refractivity contribution in [3.8, 4) is 0 Å². The molecular weight excluding hydrogens is 198 g/mol. The second-order valence-electron chi connectivity index (χ2n) is 3.07. The SMILES string of the molecule is COCCCOCCOC(=O)CCCN. The Hall–Kier alpha value is -0.650. The molecule has 0 heterocycles. The summed E-state index contributed by atoms with van der Waals surface area (Å²) >= 11 is 0. The van der Waals surface area contributed by atoms with Gasteiger partial charge in [-0.2, -0.15) is 0 Å². The van der Waals surface area contributed by atoms with Crippen molar-refractivity contribution < 1.29 is 19.0 Å². The molecule has 90 valence electrons. The maximum absolute atomic E-state index is 11.0.